The number of hydrogen-bond acceptors (Lipinski definition) is 3. The molecule has 1 fully saturated rings. The lowest BCUT2D eigenvalue weighted by Crippen LogP contribution is -2.32. The first-order valence-corrected chi connectivity index (χ1v) is 8.82. The molecule has 1 saturated carbocycles. The Balaban J connectivity index is 1.74. The van der Waals surface area contributed by atoms with Gasteiger partial charge in [0.1, 0.15) is 5.02 Å². The fraction of sp³-hybridized carbons (Fsp3) is 0.368. The molecular weight excluding hydrogens is 381 g/mol. The second-order valence-electron chi connectivity index (χ2n) is 6.56. The third-order valence-corrected chi connectivity index (χ3v) is 4.42. The molecule has 27 heavy (non-hydrogen) atoms. The highest BCUT2D eigenvalue weighted by atomic mass is 35.5. The van der Waals surface area contributed by atoms with Gasteiger partial charge in [-0.3, -0.25) is 4.79 Å². The highest BCUT2D eigenvalue weighted by Crippen LogP contribution is 2.31. The van der Waals surface area contributed by atoms with Gasteiger partial charge in [-0.2, -0.15) is 13.2 Å². The first-order chi connectivity index (χ1) is 12.7. The summed E-state index contributed by atoms with van der Waals surface area (Å²) in [5.41, 5.74) is 2.36. The second-order valence-corrected chi connectivity index (χ2v) is 6.97. The lowest BCUT2D eigenvalue weighted by Gasteiger charge is -2.23. The van der Waals surface area contributed by atoms with Crippen LogP contribution in [0.5, 0.6) is 5.88 Å². The summed E-state index contributed by atoms with van der Waals surface area (Å²) < 4.78 is 41.3. The maximum Gasteiger partial charge on any atom is 0.422 e. The van der Waals surface area contributed by atoms with E-state index in [1.807, 2.05) is 31.2 Å². The summed E-state index contributed by atoms with van der Waals surface area (Å²) in [6.45, 7) is 0.950. The molecule has 0 radical (unpaired) electrons. The van der Waals surface area contributed by atoms with Gasteiger partial charge in [-0.15, -0.1) is 0 Å². The number of rotatable bonds is 6. The Hall–Kier alpha value is -2.28. The molecule has 0 aliphatic heterocycles. The second kappa shape index (κ2) is 7.76. The van der Waals surface area contributed by atoms with Crippen molar-refractivity contribution in [2.75, 3.05) is 6.61 Å². The minimum atomic E-state index is -4.49. The van der Waals surface area contributed by atoms with Crippen LogP contribution >= 0.6 is 11.6 Å². The van der Waals surface area contributed by atoms with E-state index in [0.29, 0.717) is 6.54 Å². The number of ether oxygens (including phenoxy) is 1. The van der Waals surface area contributed by atoms with Crippen molar-refractivity contribution in [3.05, 3.63) is 58.2 Å². The van der Waals surface area contributed by atoms with Gasteiger partial charge in [-0.25, -0.2) is 4.98 Å². The van der Waals surface area contributed by atoms with E-state index in [1.54, 1.807) is 4.90 Å². The molecule has 1 aromatic carbocycles. The van der Waals surface area contributed by atoms with E-state index >= 15 is 0 Å². The van der Waals surface area contributed by atoms with Crippen molar-refractivity contribution in [2.45, 2.75) is 38.5 Å². The molecular formula is C19H18ClF3N2O2. The van der Waals surface area contributed by atoms with Crippen molar-refractivity contribution in [2.24, 2.45) is 0 Å². The van der Waals surface area contributed by atoms with E-state index in [1.165, 1.54) is 12.3 Å². The topological polar surface area (TPSA) is 42.4 Å². The van der Waals surface area contributed by atoms with Crippen molar-refractivity contribution in [1.82, 2.24) is 9.88 Å². The molecule has 0 atom stereocenters. The van der Waals surface area contributed by atoms with Crippen LogP contribution in [0.1, 0.15) is 34.3 Å². The minimum Gasteiger partial charge on any atom is -0.467 e. The fourth-order valence-corrected chi connectivity index (χ4v) is 2.83. The van der Waals surface area contributed by atoms with Gasteiger partial charge in [-0.05, 0) is 31.4 Å². The number of hydrogen-bond donors (Lipinski definition) is 0. The third kappa shape index (κ3) is 5.35. The van der Waals surface area contributed by atoms with Gasteiger partial charge in [0.2, 0.25) is 5.88 Å². The van der Waals surface area contributed by atoms with Gasteiger partial charge in [0, 0.05) is 18.8 Å². The largest absolute Gasteiger partial charge is 0.467 e. The molecule has 3 rings (SSSR count). The molecule has 8 heteroatoms. The van der Waals surface area contributed by atoms with Crippen molar-refractivity contribution in [1.29, 1.82) is 0 Å². The van der Waals surface area contributed by atoms with E-state index in [9.17, 15) is 18.0 Å². The Bertz CT molecular complexity index is 821. The molecule has 1 heterocycles. The van der Waals surface area contributed by atoms with Gasteiger partial charge in [0.05, 0.1) is 5.56 Å². The van der Waals surface area contributed by atoms with Crippen LogP contribution in [-0.2, 0) is 6.54 Å². The van der Waals surface area contributed by atoms with Crippen LogP contribution in [0.3, 0.4) is 0 Å². The van der Waals surface area contributed by atoms with Gasteiger partial charge in [-0.1, -0.05) is 41.4 Å². The maximum absolute atomic E-state index is 12.9. The summed E-state index contributed by atoms with van der Waals surface area (Å²) in [7, 11) is 0. The fourth-order valence-electron chi connectivity index (χ4n) is 2.61. The molecule has 144 valence electrons. The van der Waals surface area contributed by atoms with Gasteiger partial charge >= 0.3 is 6.18 Å². The number of aromatic nitrogens is 1. The normalized spacial score (nSPS) is 14.1. The molecule has 0 spiro atoms. The van der Waals surface area contributed by atoms with Crippen LogP contribution < -0.4 is 4.74 Å². The smallest absolute Gasteiger partial charge is 0.422 e. The summed E-state index contributed by atoms with van der Waals surface area (Å²) in [5, 5.41) is -0.129. The Morgan fingerprint density at radius 2 is 1.96 bits per heavy atom. The average Bonchev–Trinajstić information content (AvgIpc) is 3.43. The van der Waals surface area contributed by atoms with Crippen molar-refractivity contribution in [3.63, 3.8) is 0 Å². The van der Waals surface area contributed by atoms with Gasteiger partial charge in [0.15, 0.2) is 6.61 Å². The van der Waals surface area contributed by atoms with E-state index in [0.717, 1.165) is 24.0 Å². The van der Waals surface area contributed by atoms with E-state index in [-0.39, 0.29) is 28.4 Å². The Kier molecular flexibility index (Phi) is 5.60. The van der Waals surface area contributed by atoms with Crippen molar-refractivity contribution < 1.29 is 22.7 Å². The maximum atomic E-state index is 12.9. The summed E-state index contributed by atoms with van der Waals surface area (Å²) in [6.07, 6.45) is -1.45. The number of nitrogens with zero attached hydrogens (tertiary/aromatic N) is 2. The van der Waals surface area contributed by atoms with Crippen molar-refractivity contribution in [3.8, 4) is 5.88 Å². The molecule has 1 aliphatic rings. The first kappa shape index (κ1) is 19.5. The molecule has 0 N–H and O–H groups in total. The molecule has 0 unspecified atom stereocenters. The average molecular weight is 399 g/mol. The predicted molar refractivity (Wildman–Crippen MR) is 94.9 cm³/mol. The number of halogens is 4. The third-order valence-electron chi connectivity index (χ3n) is 4.15. The summed E-state index contributed by atoms with van der Waals surface area (Å²) >= 11 is 5.95. The number of pyridine rings is 1. The number of aryl methyl sites for hydroxylation is 1. The van der Waals surface area contributed by atoms with Crippen LogP contribution in [-0.4, -0.2) is 34.6 Å². The lowest BCUT2D eigenvalue weighted by molar-refractivity contribution is -0.154. The first-order valence-electron chi connectivity index (χ1n) is 8.44. The number of carbonyl (C=O) groups is 1. The van der Waals surface area contributed by atoms with Crippen LogP contribution in [0.15, 0.2) is 36.5 Å². The van der Waals surface area contributed by atoms with E-state index in [2.05, 4.69) is 9.72 Å². The molecule has 1 aromatic heterocycles. The molecule has 2 aromatic rings. The van der Waals surface area contributed by atoms with Crippen LogP contribution in [0.4, 0.5) is 13.2 Å². The number of benzene rings is 1. The summed E-state index contributed by atoms with van der Waals surface area (Å²) in [5.74, 6) is -0.600. The van der Waals surface area contributed by atoms with Crippen LogP contribution in [0, 0.1) is 6.92 Å². The van der Waals surface area contributed by atoms with E-state index in [4.69, 9.17) is 11.6 Å². The zero-order valence-corrected chi connectivity index (χ0v) is 15.3. The summed E-state index contributed by atoms with van der Waals surface area (Å²) in [4.78, 5) is 18.4. The standard InChI is InChI=1S/C19H18ClF3N2O2/c1-12-2-4-13(5-3-12)10-25(15-6-7-15)18(26)14-8-16(20)17(24-9-14)27-11-19(21,22)23/h2-5,8-9,15H,6-7,10-11H2,1H3. The quantitative estimate of drug-likeness (QED) is 0.702. The zero-order chi connectivity index (χ0) is 19.6. The monoisotopic (exact) mass is 398 g/mol. The Morgan fingerprint density at radius 1 is 1.30 bits per heavy atom. The van der Waals surface area contributed by atoms with Crippen LogP contribution in [0.25, 0.3) is 0 Å². The summed E-state index contributed by atoms with van der Waals surface area (Å²) in [6, 6.07) is 9.35. The van der Waals surface area contributed by atoms with Gasteiger partial charge < -0.3 is 9.64 Å². The Morgan fingerprint density at radius 3 is 2.52 bits per heavy atom. The molecule has 1 aliphatic carbocycles. The highest BCUT2D eigenvalue weighted by Gasteiger charge is 2.34. The zero-order valence-electron chi connectivity index (χ0n) is 14.6. The van der Waals surface area contributed by atoms with Crippen LogP contribution in [0.2, 0.25) is 5.02 Å². The van der Waals surface area contributed by atoms with E-state index < -0.39 is 12.8 Å². The predicted octanol–water partition coefficient (Wildman–Crippen LogP) is 4.79. The molecule has 0 saturated heterocycles. The minimum absolute atomic E-state index is 0.129. The number of alkyl halides is 3. The molecule has 0 bridgehead atoms. The lowest BCUT2D eigenvalue weighted by atomic mass is 10.1. The SMILES string of the molecule is Cc1ccc(CN(C(=O)c2cnc(OCC(F)(F)F)c(Cl)c2)C2CC2)cc1. The highest BCUT2D eigenvalue weighted by molar-refractivity contribution is 6.32. The van der Waals surface area contributed by atoms with Crippen molar-refractivity contribution >= 4 is 17.5 Å². The Labute approximate surface area is 159 Å². The van der Waals surface area contributed by atoms with Gasteiger partial charge in [0.25, 0.3) is 5.91 Å². The molecule has 1 amide bonds. The number of amides is 1. The number of carbonyl (C=O) groups excluding carboxylic acids is 1. The molecule has 4 nitrogen and oxygen atoms in total.